The summed E-state index contributed by atoms with van der Waals surface area (Å²) in [7, 11) is -3.53. The third-order valence-electron chi connectivity index (χ3n) is 4.95. The summed E-state index contributed by atoms with van der Waals surface area (Å²) in [5, 5.41) is 11.7. The van der Waals surface area contributed by atoms with Gasteiger partial charge in [0.15, 0.2) is 27.2 Å². The number of anilines is 2. The van der Waals surface area contributed by atoms with Gasteiger partial charge in [-0.15, -0.1) is 0 Å². The largest absolute Gasteiger partial charge is 0.424 e. The smallest absolute Gasteiger partial charge is 0.416 e. The molecule has 12 nitrogen and oxygen atoms in total. The van der Waals surface area contributed by atoms with E-state index in [1.54, 1.807) is 24.4 Å². The van der Waals surface area contributed by atoms with E-state index in [-0.39, 0.29) is 36.2 Å². The molecule has 1 fully saturated rings. The van der Waals surface area contributed by atoms with Gasteiger partial charge in [0.1, 0.15) is 5.69 Å². The maximum absolute atomic E-state index is 13.4. The van der Waals surface area contributed by atoms with Crippen LogP contribution in [0.2, 0.25) is 0 Å². The Hall–Kier alpha value is -4.05. The van der Waals surface area contributed by atoms with E-state index in [1.807, 2.05) is 0 Å². The van der Waals surface area contributed by atoms with Gasteiger partial charge in [0, 0.05) is 11.9 Å². The number of nitrogens with one attached hydrogen (secondary N) is 2. The Labute approximate surface area is 207 Å². The highest BCUT2D eigenvalue weighted by Gasteiger charge is 2.33. The molecule has 1 saturated heterocycles. The molecule has 3 amide bonds. The van der Waals surface area contributed by atoms with Crippen LogP contribution in [0.15, 0.2) is 53.3 Å². The van der Waals surface area contributed by atoms with E-state index in [2.05, 4.69) is 26.2 Å². The highest BCUT2D eigenvalue weighted by Crippen LogP contribution is 2.34. The number of benzene rings is 1. The second-order valence-corrected chi connectivity index (χ2v) is 10.1. The Balaban J connectivity index is 1.44. The van der Waals surface area contributed by atoms with Gasteiger partial charge in [-0.25, -0.2) is 8.42 Å². The predicted molar refractivity (Wildman–Crippen MR) is 121 cm³/mol. The number of urea groups is 1. The lowest BCUT2D eigenvalue weighted by atomic mass is 10.1. The van der Waals surface area contributed by atoms with E-state index in [9.17, 15) is 31.2 Å². The van der Waals surface area contributed by atoms with Crippen LogP contribution in [0.4, 0.5) is 35.2 Å². The molecule has 1 aliphatic rings. The number of nitrogens with zero attached hydrogens (tertiary/aromatic N) is 4. The molecule has 1 unspecified atom stereocenters. The standard InChI is InChI=1S/C21H19F3N6O6S/c22-21(23,24)13-7-15(26-19(31)17-12-37(33,34)6-5-35-17)9-16(8-13)27-20(32)28-18-11-30(29-36-18)10-14-3-1-2-4-25-14/h1-4,7-9,11,17H,5-6,10,12H2,(H2-,26,27,28,29,31,32). The molecule has 1 aromatic carbocycles. The van der Waals surface area contributed by atoms with Gasteiger partial charge in [-0.05, 0) is 40.7 Å². The molecule has 2 N–H and O–H groups in total. The molecule has 3 aromatic rings. The summed E-state index contributed by atoms with van der Waals surface area (Å²) in [4.78, 5) is 28.9. The van der Waals surface area contributed by atoms with Crippen molar-refractivity contribution in [2.75, 3.05) is 28.7 Å². The molecule has 3 heterocycles. The van der Waals surface area contributed by atoms with Crippen LogP contribution < -0.4 is 15.3 Å². The van der Waals surface area contributed by atoms with Crippen molar-refractivity contribution in [2.24, 2.45) is 0 Å². The number of carbonyl (C=O) groups excluding carboxylic acids is 2. The lowest BCUT2D eigenvalue weighted by molar-refractivity contribution is -0.755. The van der Waals surface area contributed by atoms with Gasteiger partial charge in [-0.1, -0.05) is 6.07 Å². The number of rotatable bonds is 6. The number of aromatic nitrogens is 3. The summed E-state index contributed by atoms with van der Waals surface area (Å²) >= 11 is 0. The van der Waals surface area contributed by atoms with Crippen LogP contribution in [-0.2, 0) is 32.1 Å². The van der Waals surface area contributed by atoms with Crippen molar-refractivity contribution in [2.45, 2.75) is 18.8 Å². The van der Waals surface area contributed by atoms with Gasteiger partial charge in [0.05, 0.1) is 23.7 Å². The first-order chi connectivity index (χ1) is 17.5. The van der Waals surface area contributed by atoms with Crippen LogP contribution in [0.3, 0.4) is 0 Å². The molecule has 0 aliphatic carbocycles. The highest BCUT2D eigenvalue weighted by molar-refractivity contribution is 7.91. The molecular formula is C21H19F3N6O6S. The van der Waals surface area contributed by atoms with Crippen LogP contribution >= 0.6 is 0 Å². The van der Waals surface area contributed by atoms with Crippen LogP contribution in [-0.4, -0.2) is 54.8 Å². The van der Waals surface area contributed by atoms with E-state index in [1.165, 1.54) is 10.9 Å². The van der Waals surface area contributed by atoms with Crippen molar-refractivity contribution in [3.05, 3.63) is 65.4 Å². The van der Waals surface area contributed by atoms with Gasteiger partial charge in [-0.3, -0.25) is 14.6 Å². The summed E-state index contributed by atoms with van der Waals surface area (Å²) in [6.07, 6.45) is -3.32. The van der Waals surface area contributed by atoms with E-state index in [0.717, 1.165) is 6.07 Å². The zero-order valence-corrected chi connectivity index (χ0v) is 19.6. The molecular weight excluding hydrogens is 521 g/mol. The van der Waals surface area contributed by atoms with Crippen LogP contribution in [0.5, 0.6) is 0 Å². The average molecular weight is 540 g/mol. The molecule has 0 saturated carbocycles. The quantitative estimate of drug-likeness (QED) is 0.451. The molecule has 16 heteroatoms. The second kappa shape index (κ2) is 10.5. The first-order valence-electron chi connectivity index (χ1n) is 10.6. The first kappa shape index (κ1) is 26.0. The lowest BCUT2D eigenvalue weighted by Gasteiger charge is -2.23. The molecule has 0 radical (unpaired) electrons. The van der Waals surface area contributed by atoms with E-state index in [0.29, 0.717) is 17.8 Å². The normalized spacial score (nSPS) is 17.1. The molecule has 2 aromatic heterocycles. The van der Waals surface area contributed by atoms with E-state index in [4.69, 9.17) is 9.26 Å². The summed E-state index contributed by atoms with van der Waals surface area (Å²) in [5.74, 6) is -2.01. The Morgan fingerprint density at radius 2 is 1.92 bits per heavy atom. The van der Waals surface area contributed by atoms with Gasteiger partial charge >= 0.3 is 6.18 Å². The fourth-order valence-corrected chi connectivity index (χ4v) is 4.52. The number of ether oxygens (including phenoxy) is 1. The van der Waals surface area contributed by atoms with Crippen molar-refractivity contribution in [3.63, 3.8) is 0 Å². The lowest BCUT2D eigenvalue weighted by Crippen LogP contribution is -2.42. The number of hydrogen-bond acceptors (Lipinski definition) is 8. The van der Waals surface area contributed by atoms with Crippen molar-refractivity contribution in [1.82, 2.24) is 10.3 Å². The third-order valence-corrected chi connectivity index (χ3v) is 6.55. The molecule has 37 heavy (non-hydrogen) atoms. The number of amides is 3. The number of alkyl halides is 3. The summed E-state index contributed by atoms with van der Waals surface area (Å²) < 4.78 is 75.1. The molecule has 0 spiro atoms. The Morgan fingerprint density at radius 3 is 2.59 bits per heavy atom. The number of sulfone groups is 1. The summed E-state index contributed by atoms with van der Waals surface area (Å²) in [6, 6.07) is 6.53. The van der Waals surface area contributed by atoms with Gasteiger partial charge < -0.3 is 25.2 Å². The number of halogens is 3. The monoisotopic (exact) mass is 540 g/mol. The minimum Gasteiger partial charge on any atom is -0.424 e. The Kier molecular flexibility index (Phi) is 7.40. The fourth-order valence-electron chi connectivity index (χ4n) is 3.29. The van der Waals surface area contributed by atoms with Crippen LogP contribution in [0, 0.1) is 0 Å². The summed E-state index contributed by atoms with van der Waals surface area (Å²) in [5.41, 5.74) is -1.19. The molecule has 196 valence electrons. The van der Waals surface area contributed by atoms with Crippen molar-refractivity contribution in [3.8, 4) is 0 Å². The van der Waals surface area contributed by atoms with Crippen LogP contribution in [0.25, 0.3) is 5.32 Å². The minimum atomic E-state index is -4.82. The van der Waals surface area contributed by atoms with Crippen molar-refractivity contribution in [1.29, 1.82) is 0 Å². The second-order valence-electron chi connectivity index (χ2n) is 7.86. The average Bonchev–Trinajstić information content (AvgIpc) is 3.24. The maximum Gasteiger partial charge on any atom is 0.416 e. The Bertz CT molecular complexity index is 1400. The van der Waals surface area contributed by atoms with Crippen molar-refractivity contribution < 1.29 is 45.1 Å². The predicted octanol–water partition coefficient (Wildman–Crippen LogP) is 2.41. The fraction of sp³-hybridized carbons (Fsp3) is 0.286. The van der Waals surface area contributed by atoms with E-state index < -0.39 is 45.4 Å². The molecule has 0 bridgehead atoms. The zero-order chi connectivity index (χ0) is 26.6. The topological polar surface area (TPSA) is 158 Å². The Morgan fingerprint density at radius 1 is 1.16 bits per heavy atom. The van der Waals surface area contributed by atoms with Crippen LogP contribution in [0.1, 0.15) is 11.3 Å². The SMILES string of the molecule is O=C([N-]c1c[n+](Cc2ccccn2)no1)Nc1cc(NC(=O)C2CS(=O)(=O)CCO2)cc(C(F)(F)F)c1. The molecule has 1 atom stereocenters. The van der Waals surface area contributed by atoms with E-state index >= 15 is 0 Å². The number of pyridine rings is 1. The third kappa shape index (κ3) is 7.23. The maximum atomic E-state index is 13.4. The number of hydrogen-bond donors (Lipinski definition) is 2. The minimum absolute atomic E-state index is 0.213. The molecule has 4 rings (SSSR count). The van der Waals surface area contributed by atoms with Crippen molar-refractivity contribution >= 4 is 39.0 Å². The first-order valence-corrected chi connectivity index (χ1v) is 12.4. The number of carbonyl (C=O) groups is 2. The summed E-state index contributed by atoms with van der Waals surface area (Å²) in [6.45, 7) is 0.0134. The van der Waals surface area contributed by atoms with Gasteiger partial charge in [0.25, 0.3) is 5.91 Å². The van der Waals surface area contributed by atoms with Gasteiger partial charge in [0.2, 0.25) is 18.6 Å². The highest BCUT2D eigenvalue weighted by atomic mass is 32.2. The molecule has 1 aliphatic heterocycles. The zero-order valence-electron chi connectivity index (χ0n) is 18.8. The van der Waals surface area contributed by atoms with Gasteiger partial charge in [-0.2, -0.15) is 13.2 Å².